The smallest absolute Gasteiger partial charge is 0.328 e. The number of ether oxygens (including phenoxy) is 1. The van der Waals surface area contributed by atoms with Gasteiger partial charge in [0.05, 0.1) is 12.7 Å². The van der Waals surface area contributed by atoms with Crippen molar-refractivity contribution in [3.63, 3.8) is 0 Å². The lowest BCUT2D eigenvalue weighted by Gasteiger charge is -2.19. The molecule has 0 fully saturated rings. The first kappa shape index (κ1) is 15.0. The lowest BCUT2D eigenvalue weighted by Crippen LogP contribution is -2.45. The van der Waals surface area contributed by atoms with Crippen LogP contribution in [0.15, 0.2) is 12.3 Å². The minimum absolute atomic E-state index is 0.258. The van der Waals surface area contributed by atoms with E-state index in [1.54, 1.807) is 13.8 Å². The topological polar surface area (TPSA) is 68.3 Å². The number of hydrogen-bond donors (Lipinski definition) is 1. The molecule has 1 heterocycles. The van der Waals surface area contributed by atoms with E-state index >= 15 is 0 Å². The first-order chi connectivity index (χ1) is 8.88. The van der Waals surface area contributed by atoms with Crippen LogP contribution < -0.4 is 5.32 Å². The number of methoxy groups -OCH3 is 1. The Kier molecular flexibility index (Phi) is 4.91. The van der Waals surface area contributed by atoms with Crippen molar-refractivity contribution in [2.45, 2.75) is 19.9 Å². The molecule has 0 saturated carbocycles. The number of amides is 1. The Balaban J connectivity index is 2.94. The summed E-state index contributed by atoms with van der Waals surface area (Å²) in [7, 11) is 1.18. The van der Waals surface area contributed by atoms with Crippen molar-refractivity contribution in [3.05, 3.63) is 29.6 Å². The molecule has 0 spiro atoms. The van der Waals surface area contributed by atoms with Crippen molar-refractivity contribution >= 4 is 11.9 Å². The Hall–Kier alpha value is -2.05. The first-order valence-electron chi connectivity index (χ1n) is 5.57. The predicted molar refractivity (Wildman–Crippen MR) is 62.3 cm³/mol. The normalized spacial score (nSPS) is 12.1. The van der Waals surface area contributed by atoms with Crippen molar-refractivity contribution in [1.29, 1.82) is 0 Å². The zero-order valence-corrected chi connectivity index (χ0v) is 10.7. The quantitative estimate of drug-likeness (QED) is 0.662. The molecule has 1 N–H and O–H groups in total. The van der Waals surface area contributed by atoms with Gasteiger partial charge in [-0.15, -0.1) is 0 Å². The number of hydrogen-bond acceptors (Lipinski definition) is 4. The van der Waals surface area contributed by atoms with Gasteiger partial charge in [0, 0.05) is 6.20 Å². The number of pyridine rings is 1. The summed E-state index contributed by atoms with van der Waals surface area (Å²) in [6.07, 6.45) is 0.968. The van der Waals surface area contributed by atoms with Gasteiger partial charge in [0.1, 0.15) is 6.04 Å². The maximum atomic E-state index is 13.4. The van der Waals surface area contributed by atoms with Crippen molar-refractivity contribution in [2.24, 2.45) is 5.92 Å². The highest BCUT2D eigenvalue weighted by Crippen LogP contribution is 2.11. The molecule has 0 radical (unpaired) electrons. The summed E-state index contributed by atoms with van der Waals surface area (Å²) >= 11 is 0. The number of rotatable bonds is 4. The molecule has 1 aromatic heterocycles. The van der Waals surface area contributed by atoms with Gasteiger partial charge < -0.3 is 10.1 Å². The van der Waals surface area contributed by atoms with Crippen LogP contribution in [0.1, 0.15) is 24.2 Å². The summed E-state index contributed by atoms with van der Waals surface area (Å²) in [5.41, 5.74) is -0.512. The molecule has 1 aromatic rings. The molecular formula is C12H14F2N2O3. The van der Waals surface area contributed by atoms with E-state index in [2.05, 4.69) is 15.0 Å². The summed E-state index contributed by atoms with van der Waals surface area (Å²) in [6, 6.07) is 0.0933. The van der Waals surface area contributed by atoms with E-state index in [1.165, 1.54) is 7.11 Å². The van der Waals surface area contributed by atoms with Crippen LogP contribution in [-0.4, -0.2) is 30.0 Å². The van der Waals surface area contributed by atoms with E-state index in [-0.39, 0.29) is 5.92 Å². The largest absolute Gasteiger partial charge is 0.467 e. The van der Waals surface area contributed by atoms with Gasteiger partial charge in [0.15, 0.2) is 5.82 Å². The summed E-state index contributed by atoms with van der Waals surface area (Å²) < 4.78 is 30.8. The molecule has 1 unspecified atom stereocenters. The molecular weight excluding hydrogens is 258 g/mol. The summed E-state index contributed by atoms with van der Waals surface area (Å²) in [5.74, 6) is -4.54. The Morgan fingerprint density at radius 2 is 2.00 bits per heavy atom. The van der Waals surface area contributed by atoms with E-state index in [0.717, 1.165) is 12.3 Å². The zero-order chi connectivity index (χ0) is 14.6. The van der Waals surface area contributed by atoms with E-state index in [0.29, 0.717) is 0 Å². The van der Waals surface area contributed by atoms with Gasteiger partial charge in [-0.25, -0.2) is 14.2 Å². The number of esters is 1. The number of carbonyl (C=O) groups excluding carboxylic acids is 2. The summed E-state index contributed by atoms with van der Waals surface area (Å²) in [6.45, 7) is 3.37. The number of nitrogens with zero attached hydrogens (tertiary/aromatic N) is 1. The van der Waals surface area contributed by atoms with E-state index < -0.39 is 35.2 Å². The van der Waals surface area contributed by atoms with Crippen LogP contribution in [-0.2, 0) is 9.53 Å². The second-order valence-electron chi connectivity index (χ2n) is 4.18. The average molecular weight is 272 g/mol. The highest BCUT2D eigenvalue weighted by atomic mass is 19.2. The van der Waals surface area contributed by atoms with E-state index in [1.807, 2.05) is 0 Å². The lowest BCUT2D eigenvalue weighted by atomic mass is 10.0. The maximum Gasteiger partial charge on any atom is 0.328 e. The summed E-state index contributed by atoms with van der Waals surface area (Å²) in [5, 5.41) is 2.30. The van der Waals surface area contributed by atoms with Crippen LogP contribution in [0.4, 0.5) is 8.78 Å². The molecule has 5 nitrogen and oxygen atoms in total. The molecule has 0 aliphatic heterocycles. The minimum Gasteiger partial charge on any atom is -0.467 e. The average Bonchev–Trinajstić information content (AvgIpc) is 2.37. The van der Waals surface area contributed by atoms with Crippen LogP contribution >= 0.6 is 0 Å². The van der Waals surface area contributed by atoms with Gasteiger partial charge in [-0.05, 0) is 12.0 Å². The molecule has 0 aliphatic rings. The minimum atomic E-state index is -1.37. The monoisotopic (exact) mass is 272 g/mol. The maximum absolute atomic E-state index is 13.4. The van der Waals surface area contributed by atoms with Crippen molar-refractivity contribution in [1.82, 2.24) is 10.3 Å². The lowest BCUT2D eigenvalue weighted by molar-refractivity contribution is -0.144. The highest BCUT2D eigenvalue weighted by molar-refractivity contribution is 5.96. The van der Waals surface area contributed by atoms with Gasteiger partial charge in [-0.3, -0.25) is 4.79 Å². The van der Waals surface area contributed by atoms with Crippen LogP contribution in [0.2, 0.25) is 0 Å². The van der Waals surface area contributed by atoms with Crippen LogP contribution in [0.5, 0.6) is 0 Å². The molecule has 1 rings (SSSR count). The Bertz CT molecular complexity index is 492. The Morgan fingerprint density at radius 1 is 1.37 bits per heavy atom. The van der Waals surface area contributed by atoms with Gasteiger partial charge >= 0.3 is 5.97 Å². The SMILES string of the molecule is COC(=O)C(NC(=O)c1ccnc(F)c1F)C(C)C. The standard InChI is InChI=1S/C12H14F2N2O3/c1-6(2)9(12(18)19-3)16-11(17)7-4-5-15-10(14)8(7)13/h4-6,9H,1-3H3,(H,16,17). The van der Waals surface area contributed by atoms with Crippen molar-refractivity contribution in [2.75, 3.05) is 7.11 Å². The van der Waals surface area contributed by atoms with E-state index in [4.69, 9.17) is 0 Å². The predicted octanol–water partition coefficient (Wildman–Crippen LogP) is 1.29. The van der Waals surface area contributed by atoms with Crippen LogP contribution in [0, 0.1) is 17.7 Å². The van der Waals surface area contributed by atoms with Gasteiger partial charge in [-0.2, -0.15) is 4.39 Å². The first-order valence-corrected chi connectivity index (χ1v) is 5.57. The molecule has 0 saturated heterocycles. The van der Waals surface area contributed by atoms with Gasteiger partial charge in [-0.1, -0.05) is 13.8 Å². The van der Waals surface area contributed by atoms with Gasteiger partial charge in [0.2, 0.25) is 5.95 Å². The molecule has 1 atom stereocenters. The fraction of sp³-hybridized carbons (Fsp3) is 0.417. The third kappa shape index (κ3) is 3.46. The van der Waals surface area contributed by atoms with Crippen molar-refractivity contribution in [3.8, 4) is 0 Å². The number of nitrogens with one attached hydrogen (secondary N) is 1. The Labute approximate surface area is 109 Å². The van der Waals surface area contributed by atoms with E-state index in [9.17, 15) is 18.4 Å². The zero-order valence-electron chi connectivity index (χ0n) is 10.7. The molecule has 1 amide bonds. The number of halogens is 2. The molecule has 19 heavy (non-hydrogen) atoms. The third-order valence-corrected chi connectivity index (χ3v) is 2.50. The van der Waals surface area contributed by atoms with Crippen LogP contribution in [0.3, 0.4) is 0 Å². The van der Waals surface area contributed by atoms with Crippen molar-refractivity contribution < 1.29 is 23.1 Å². The summed E-state index contributed by atoms with van der Waals surface area (Å²) in [4.78, 5) is 26.3. The molecule has 104 valence electrons. The second-order valence-corrected chi connectivity index (χ2v) is 4.18. The second kappa shape index (κ2) is 6.21. The fourth-order valence-electron chi connectivity index (χ4n) is 1.44. The third-order valence-electron chi connectivity index (χ3n) is 2.50. The van der Waals surface area contributed by atoms with Crippen LogP contribution in [0.25, 0.3) is 0 Å². The highest BCUT2D eigenvalue weighted by Gasteiger charge is 2.27. The fourth-order valence-corrected chi connectivity index (χ4v) is 1.44. The van der Waals surface area contributed by atoms with Gasteiger partial charge in [0.25, 0.3) is 5.91 Å². The molecule has 0 aliphatic carbocycles. The molecule has 0 aromatic carbocycles. The number of aromatic nitrogens is 1. The number of carbonyl (C=O) groups is 2. The Morgan fingerprint density at radius 3 is 2.53 bits per heavy atom. The molecule has 0 bridgehead atoms. The molecule has 7 heteroatoms.